The zero-order valence-electron chi connectivity index (χ0n) is 7.84. The van der Waals surface area contributed by atoms with Crippen LogP contribution in [0.2, 0.25) is 0 Å². The van der Waals surface area contributed by atoms with Crippen molar-refractivity contribution >= 4 is 0 Å². The lowest BCUT2D eigenvalue weighted by Crippen LogP contribution is -2.36. The lowest BCUT2D eigenvalue weighted by Gasteiger charge is -2.17. The highest BCUT2D eigenvalue weighted by atomic mass is 16.5. The Morgan fingerprint density at radius 3 is 2.50 bits per heavy atom. The topological polar surface area (TPSA) is 61.7 Å². The Labute approximate surface area is 73.5 Å². The van der Waals surface area contributed by atoms with E-state index in [4.69, 9.17) is 9.84 Å². The summed E-state index contributed by atoms with van der Waals surface area (Å²) in [7, 11) is 0. The summed E-state index contributed by atoms with van der Waals surface area (Å²) < 4.78 is 5.00. The van der Waals surface area contributed by atoms with Crippen LogP contribution in [0.15, 0.2) is 0 Å². The molecule has 0 bridgehead atoms. The summed E-state index contributed by atoms with van der Waals surface area (Å²) in [5.41, 5.74) is -0.670. The first-order chi connectivity index (χ1) is 5.56. The van der Waals surface area contributed by atoms with E-state index < -0.39 is 5.60 Å². The molecule has 0 aliphatic carbocycles. The first kappa shape index (κ1) is 11.8. The molecule has 0 aliphatic heterocycles. The molecule has 0 aliphatic rings. The Kier molecular flexibility index (Phi) is 6.28. The first-order valence-corrected chi connectivity index (χ1v) is 4.18. The summed E-state index contributed by atoms with van der Waals surface area (Å²) in [5, 5.41) is 20.7. The van der Waals surface area contributed by atoms with Crippen LogP contribution in [-0.4, -0.2) is 48.7 Å². The van der Waals surface area contributed by atoms with Gasteiger partial charge in [-0.05, 0) is 13.8 Å². The van der Waals surface area contributed by atoms with Crippen molar-refractivity contribution in [2.75, 3.05) is 32.9 Å². The van der Waals surface area contributed by atoms with Crippen molar-refractivity contribution in [2.45, 2.75) is 19.4 Å². The summed E-state index contributed by atoms with van der Waals surface area (Å²) >= 11 is 0. The fourth-order valence-electron chi connectivity index (χ4n) is 0.705. The Morgan fingerprint density at radius 1 is 1.33 bits per heavy atom. The van der Waals surface area contributed by atoms with Crippen LogP contribution in [-0.2, 0) is 4.74 Å². The van der Waals surface area contributed by atoms with Gasteiger partial charge in [-0.1, -0.05) is 0 Å². The van der Waals surface area contributed by atoms with Crippen molar-refractivity contribution in [2.24, 2.45) is 0 Å². The van der Waals surface area contributed by atoms with Gasteiger partial charge in [-0.3, -0.25) is 0 Å². The Morgan fingerprint density at radius 2 is 2.00 bits per heavy atom. The summed E-state index contributed by atoms with van der Waals surface area (Å²) in [4.78, 5) is 0. The van der Waals surface area contributed by atoms with Gasteiger partial charge in [0.1, 0.15) is 0 Å². The quantitative estimate of drug-likeness (QED) is 0.452. The molecule has 3 N–H and O–H groups in total. The number of aliphatic hydroxyl groups excluding tert-OH is 1. The van der Waals surface area contributed by atoms with Crippen LogP contribution in [0.3, 0.4) is 0 Å². The summed E-state index contributed by atoms with van der Waals surface area (Å²) in [5.74, 6) is 0. The highest BCUT2D eigenvalue weighted by Gasteiger charge is 2.10. The second-order valence-corrected chi connectivity index (χ2v) is 3.33. The molecule has 0 unspecified atom stereocenters. The lowest BCUT2D eigenvalue weighted by atomic mass is 10.1. The van der Waals surface area contributed by atoms with Crippen molar-refractivity contribution in [3.8, 4) is 0 Å². The van der Waals surface area contributed by atoms with Crippen LogP contribution < -0.4 is 5.32 Å². The van der Waals surface area contributed by atoms with Crippen molar-refractivity contribution in [1.82, 2.24) is 5.32 Å². The molecule has 0 radical (unpaired) electrons. The van der Waals surface area contributed by atoms with Gasteiger partial charge < -0.3 is 20.3 Å². The van der Waals surface area contributed by atoms with Gasteiger partial charge in [-0.2, -0.15) is 0 Å². The van der Waals surface area contributed by atoms with E-state index in [9.17, 15) is 5.11 Å². The van der Waals surface area contributed by atoms with Gasteiger partial charge in [-0.15, -0.1) is 0 Å². The van der Waals surface area contributed by atoms with Gasteiger partial charge in [0.15, 0.2) is 0 Å². The van der Waals surface area contributed by atoms with Crippen LogP contribution in [0.1, 0.15) is 13.8 Å². The smallest absolute Gasteiger partial charge is 0.0715 e. The predicted octanol–water partition coefficient (Wildman–Crippen LogP) is -0.644. The average Bonchev–Trinajstić information content (AvgIpc) is 1.94. The molecule has 0 aromatic carbocycles. The fourth-order valence-corrected chi connectivity index (χ4v) is 0.705. The van der Waals surface area contributed by atoms with E-state index in [1.165, 1.54) is 0 Å². The maximum Gasteiger partial charge on any atom is 0.0715 e. The van der Waals surface area contributed by atoms with Crippen molar-refractivity contribution in [3.63, 3.8) is 0 Å². The monoisotopic (exact) mass is 177 g/mol. The van der Waals surface area contributed by atoms with Gasteiger partial charge in [0.25, 0.3) is 0 Å². The molecule has 0 aromatic rings. The minimum absolute atomic E-state index is 0.0610. The third kappa shape index (κ3) is 9.84. The fraction of sp³-hybridized carbons (Fsp3) is 1.00. The summed E-state index contributed by atoms with van der Waals surface area (Å²) in [6.07, 6.45) is 0. The van der Waals surface area contributed by atoms with Crippen molar-refractivity contribution in [3.05, 3.63) is 0 Å². The third-order valence-corrected chi connectivity index (χ3v) is 1.22. The molecule has 4 nitrogen and oxygen atoms in total. The lowest BCUT2D eigenvalue weighted by molar-refractivity contribution is 0.0688. The highest BCUT2D eigenvalue weighted by Crippen LogP contribution is 1.96. The van der Waals surface area contributed by atoms with Crippen molar-refractivity contribution < 1.29 is 14.9 Å². The predicted molar refractivity (Wildman–Crippen MR) is 47.1 cm³/mol. The largest absolute Gasteiger partial charge is 0.394 e. The number of rotatable bonds is 7. The van der Waals surface area contributed by atoms with Gasteiger partial charge in [-0.25, -0.2) is 0 Å². The van der Waals surface area contributed by atoms with Crippen LogP contribution in [0.25, 0.3) is 0 Å². The molecule has 0 amide bonds. The maximum absolute atomic E-state index is 9.28. The number of hydrogen-bond donors (Lipinski definition) is 3. The number of nitrogens with one attached hydrogen (secondary N) is 1. The molecule has 0 fully saturated rings. The molecule has 0 spiro atoms. The third-order valence-electron chi connectivity index (χ3n) is 1.22. The molecular weight excluding hydrogens is 158 g/mol. The van der Waals surface area contributed by atoms with E-state index in [2.05, 4.69) is 5.32 Å². The SMILES string of the molecule is CC(C)(O)CNCCOCCO. The molecule has 4 heteroatoms. The Bertz CT molecular complexity index is 101. The van der Waals surface area contributed by atoms with Crippen LogP contribution in [0.5, 0.6) is 0 Å². The number of hydrogen-bond acceptors (Lipinski definition) is 4. The summed E-state index contributed by atoms with van der Waals surface area (Å²) in [6.45, 7) is 5.75. The molecule has 0 rings (SSSR count). The van der Waals surface area contributed by atoms with Gasteiger partial charge in [0.2, 0.25) is 0 Å². The van der Waals surface area contributed by atoms with E-state index in [0.717, 1.165) is 0 Å². The van der Waals surface area contributed by atoms with E-state index in [-0.39, 0.29) is 6.61 Å². The minimum Gasteiger partial charge on any atom is -0.394 e. The minimum atomic E-state index is -0.670. The molecule has 0 aromatic heterocycles. The van der Waals surface area contributed by atoms with E-state index in [0.29, 0.717) is 26.3 Å². The molecule has 0 heterocycles. The van der Waals surface area contributed by atoms with Crippen LogP contribution in [0.4, 0.5) is 0 Å². The van der Waals surface area contributed by atoms with E-state index >= 15 is 0 Å². The van der Waals surface area contributed by atoms with E-state index in [1.807, 2.05) is 0 Å². The van der Waals surface area contributed by atoms with Crippen molar-refractivity contribution in [1.29, 1.82) is 0 Å². The standard InChI is InChI=1S/C8H19NO3/c1-8(2,11)7-9-3-5-12-6-4-10/h9-11H,3-7H2,1-2H3. The zero-order valence-corrected chi connectivity index (χ0v) is 7.84. The van der Waals surface area contributed by atoms with Crippen LogP contribution in [0, 0.1) is 0 Å². The Hall–Kier alpha value is -0.160. The molecule has 0 saturated carbocycles. The second kappa shape index (κ2) is 6.37. The molecular formula is C8H19NO3. The second-order valence-electron chi connectivity index (χ2n) is 3.33. The molecule has 74 valence electrons. The van der Waals surface area contributed by atoms with Crippen LogP contribution >= 0.6 is 0 Å². The molecule has 0 atom stereocenters. The molecule has 12 heavy (non-hydrogen) atoms. The highest BCUT2D eigenvalue weighted by molar-refractivity contribution is 4.67. The zero-order chi connectivity index (χ0) is 9.45. The number of aliphatic hydroxyl groups is 2. The summed E-state index contributed by atoms with van der Waals surface area (Å²) in [6, 6.07) is 0. The number of ether oxygens (including phenoxy) is 1. The Balaban J connectivity index is 3.01. The first-order valence-electron chi connectivity index (χ1n) is 4.18. The normalized spacial score (nSPS) is 12.0. The van der Waals surface area contributed by atoms with Gasteiger partial charge >= 0.3 is 0 Å². The molecule has 0 saturated heterocycles. The van der Waals surface area contributed by atoms with Gasteiger partial charge in [0.05, 0.1) is 25.4 Å². The van der Waals surface area contributed by atoms with Gasteiger partial charge in [0, 0.05) is 13.1 Å². The van der Waals surface area contributed by atoms with E-state index in [1.54, 1.807) is 13.8 Å². The average molecular weight is 177 g/mol. The maximum atomic E-state index is 9.28.